The Labute approximate surface area is 111 Å². The molecule has 2 nitrogen and oxygen atoms in total. The van der Waals surface area contributed by atoms with E-state index in [9.17, 15) is 0 Å². The van der Waals surface area contributed by atoms with E-state index in [0.717, 1.165) is 11.8 Å². The minimum absolute atomic E-state index is 0.586. The van der Waals surface area contributed by atoms with E-state index in [4.69, 9.17) is 0 Å². The van der Waals surface area contributed by atoms with Gasteiger partial charge in [-0.05, 0) is 62.9 Å². The highest BCUT2D eigenvalue weighted by Crippen LogP contribution is 2.43. The normalized spacial score (nSPS) is 34.1. The van der Waals surface area contributed by atoms with E-state index in [0.29, 0.717) is 5.41 Å². The molecule has 2 aliphatic heterocycles. The van der Waals surface area contributed by atoms with Gasteiger partial charge in [0.1, 0.15) is 0 Å². The molecular weight excluding hydrogens is 228 g/mol. The summed E-state index contributed by atoms with van der Waals surface area (Å²) in [4.78, 5) is 5.45. The van der Waals surface area contributed by atoms with Gasteiger partial charge in [-0.25, -0.2) is 0 Å². The first-order valence-corrected chi connectivity index (χ1v) is 8.02. The van der Waals surface area contributed by atoms with Crippen LogP contribution in [0.15, 0.2) is 0 Å². The predicted octanol–water partition coefficient (Wildman–Crippen LogP) is 2.26. The van der Waals surface area contributed by atoms with Gasteiger partial charge in [0.25, 0.3) is 0 Å². The molecule has 2 saturated heterocycles. The highest BCUT2D eigenvalue weighted by Gasteiger charge is 2.39. The van der Waals surface area contributed by atoms with Crippen molar-refractivity contribution in [3.63, 3.8) is 0 Å². The first kappa shape index (κ1) is 12.3. The van der Waals surface area contributed by atoms with Gasteiger partial charge in [0.05, 0.1) is 0 Å². The molecule has 3 rings (SSSR count). The van der Waals surface area contributed by atoms with E-state index < -0.39 is 0 Å². The molecule has 0 aromatic carbocycles. The molecular formula is C14H26N2S. The molecule has 1 unspecified atom stereocenters. The van der Waals surface area contributed by atoms with Crippen molar-refractivity contribution in [1.29, 1.82) is 0 Å². The second-order valence-corrected chi connectivity index (χ2v) is 6.75. The number of nitrogens with zero attached hydrogens (tertiary/aromatic N) is 2. The molecule has 0 bridgehead atoms. The quantitative estimate of drug-likeness (QED) is 0.769. The van der Waals surface area contributed by atoms with Gasteiger partial charge in [-0.15, -0.1) is 0 Å². The van der Waals surface area contributed by atoms with Crippen LogP contribution in [0, 0.1) is 5.41 Å². The first-order valence-electron chi connectivity index (χ1n) is 7.39. The fourth-order valence-corrected chi connectivity index (χ4v) is 4.29. The van der Waals surface area contributed by atoms with Crippen LogP contribution in [0.4, 0.5) is 0 Å². The number of likely N-dealkylation sites (tertiary alicyclic amines) is 2. The van der Waals surface area contributed by atoms with Crippen LogP contribution in [0.1, 0.15) is 38.5 Å². The lowest BCUT2D eigenvalue weighted by Crippen LogP contribution is -2.44. The fourth-order valence-electron chi connectivity index (χ4n) is 3.88. The van der Waals surface area contributed by atoms with Gasteiger partial charge in [-0.1, -0.05) is 6.42 Å². The van der Waals surface area contributed by atoms with Gasteiger partial charge in [-0.3, -0.25) is 4.90 Å². The summed E-state index contributed by atoms with van der Waals surface area (Å²) in [6.45, 7) is 6.69. The van der Waals surface area contributed by atoms with Crippen LogP contribution < -0.4 is 0 Å². The maximum absolute atomic E-state index is 4.58. The van der Waals surface area contributed by atoms with E-state index in [1.165, 1.54) is 71.2 Å². The van der Waals surface area contributed by atoms with Crippen molar-refractivity contribution in [3.8, 4) is 0 Å². The summed E-state index contributed by atoms with van der Waals surface area (Å²) in [6.07, 6.45) is 8.53. The number of thiol groups is 1. The summed E-state index contributed by atoms with van der Waals surface area (Å²) < 4.78 is 0. The molecule has 1 atom stereocenters. The Bertz CT molecular complexity index is 253. The van der Waals surface area contributed by atoms with Crippen LogP contribution in [0.5, 0.6) is 0 Å². The number of hydrogen-bond donors (Lipinski definition) is 1. The van der Waals surface area contributed by atoms with Gasteiger partial charge in [-0.2, -0.15) is 12.6 Å². The smallest absolute Gasteiger partial charge is 0.0235 e. The Balaban J connectivity index is 1.50. The van der Waals surface area contributed by atoms with E-state index in [1.54, 1.807) is 0 Å². The van der Waals surface area contributed by atoms with Gasteiger partial charge in [0, 0.05) is 19.1 Å². The van der Waals surface area contributed by atoms with Crippen LogP contribution in [-0.4, -0.2) is 54.3 Å². The van der Waals surface area contributed by atoms with Crippen molar-refractivity contribution in [1.82, 2.24) is 9.80 Å². The lowest BCUT2D eigenvalue weighted by molar-refractivity contribution is 0.0988. The molecule has 0 spiro atoms. The fraction of sp³-hybridized carbons (Fsp3) is 1.00. The minimum Gasteiger partial charge on any atom is -0.301 e. The zero-order chi connectivity index (χ0) is 11.7. The Morgan fingerprint density at radius 2 is 1.82 bits per heavy atom. The van der Waals surface area contributed by atoms with Crippen molar-refractivity contribution >= 4 is 12.6 Å². The van der Waals surface area contributed by atoms with Crippen molar-refractivity contribution in [3.05, 3.63) is 0 Å². The van der Waals surface area contributed by atoms with Gasteiger partial charge < -0.3 is 4.90 Å². The predicted molar refractivity (Wildman–Crippen MR) is 75.8 cm³/mol. The summed E-state index contributed by atoms with van der Waals surface area (Å²) in [6, 6.07) is 0.870. The topological polar surface area (TPSA) is 6.48 Å². The van der Waals surface area contributed by atoms with Gasteiger partial charge >= 0.3 is 0 Å². The summed E-state index contributed by atoms with van der Waals surface area (Å²) in [5.74, 6) is 1.10. The van der Waals surface area contributed by atoms with Crippen LogP contribution in [0.3, 0.4) is 0 Å². The molecule has 2 heterocycles. The molecule has 0 N–H and O–H groups in total. The van der Waals surface area contributed by atoms with Crippen LogP contribution in [-0.2, 0) is 0 Å². The molecule has 98 valence electrons. The van der Waals surface area contributed by atoms with Crippen LogP contribution in [0.25, 0.3) is 0 Å². The minimum atomic E-state index is 0.586. The zero-order valence-electron chi connectivity index (χ0n) is 10.9. The van der Waals surface area contributed by atoms with Gasteiger partial charge in [0.15, 0.2) is 0 Å². The van der Waals surface area contributed by atoms with E-state index in [2.05, 4.69) is 22.4 Å². The average Bonchev–Trinajstić information content (AvgIpc) is 2.94. The van der Waals surface area contributed by atoms with Crippen molar-refractivity contribution in [2.75, 3.05) is 38.5 Å². The Hall–Kier alpha value is 0.270. The third-order valence-electron chi connectivity index (χ3n) is 5.21. The average molecular weight is 254 g/mol. The summed E-state index contributed by atoms with van der Waals surface area (Å²) in [5, 5.41) is 0. The second kappa shape index (κ2) is 5.10. The molecule has 17 heavy (non-hydrogen) atoms. The van der Waals surface area contributed by atoms with Crippen molar-refractivity contribution in [2.45, 2.75) is 44.6 Å². The molecule has 0 aromatic heterocycles. The summed E-state index contributed by atoms with van der Waals surface area (Å²) in [7, 11) is 0. The third kappa shape index (κ3) is 2.52. The molecule has 3 heteroatoms. The van der Waals surface area contributed by atoms with Crippen molar-refractivity contribution in [2.24, 2.45) is 5.41 Å². The van der Waals surface area contributed by atoms with Gasteiger partial charge in [0.2, 0.25) is 0 Å². The molecule has 3 fully saturated rings. The highest BCUT2D eigenvalue weighted by molar-refractivity contribution is 7.80. The molecule has 0 aromatic rings. The SMILES string of the molecule is SCC1(CN2CCC(N3CCCC3)C2)CCC1. The number of hydrogen-bond acceptors (Lipinski definition) is 3. The number of rotatable bonds is 4. The maximum Gasteiger partial charge on any atom is 0.0235 e. The molecule has 0 radical (unpaired) electrons. The Kier molecular flexibility index (Phi) is 3.69. The third-order valence-corrected chi connectivity index (χ3v) is 5.88. The lowest BCUT2D eigenvalue weighted by Gasteiger charge is -2.43. The zero-order valence-corrected chi connectivity index (χ0v) is 11.8. The largest absolute Gasteiger partial charge is 0.301 e. The van der Waals surface area contributed by atoms with E-state index in [1.807, 2.05) is 0 Å². The Morgan fingerprint density at radius 3 is 2.41 bits per heavy atom. The van der Waals surface area contributed by atoms with E-state index in [-0.39, 0.29) is 0 Å². The maximum atomic E-state index is 4.58. The molecule has 3 aliphatic rings. The summed E-state index contributed by atoms with van der Waals surface area (Å²) in [5.41, 5.74) is 0.586. The lowest BCUT2D eigenvalue weighted by atomic mass is 9.70. The molecule has 1 aliphatic carbocycles. The monoisotopic (exact) mass is 254 g/mol. The highest BCUT2D eigenvalue weighted by atomic mass is 32.1. The van der Waals surface area contributed by atoms with Crippen LogP contribution >= 0.6 is 12.6 Å². The molecule has 0 amide bonds. The second-order valence-electron chi connectivity index (χ2n) is 6.43. The molecule has 1 saturated carbocycles. The van der Waals surface area contributed by atoms with Crippen LogP contribution in [0.2, 0.25) is 0 Å². The standard InChI is InChI=1S/C14H26N2S/c17-12-14(5-3-6-14)11-15-9-4-13(10-15)16-7-1-2-8-16/h13,17H,1-12H2. The van der Waals surface area contributed by atoms with Crippen molar-refractivity contribution < 1.29 is 0 Å². The van der Waals surface area contributed by atoms with E-state index >= 15 is 0 Å². The summed E-state index contributed by atoms with van der Waals surface area (Å²) >= 11 is 4.58. The Morgan fingerprint density at radius 1 is 1.06 bits per heavy atom. The first-order chi connectivity index (χ1) is 8.31.